The van der Waals surface area contributed by atoms with Crippen molar-refractivity contribution in [1.82, 2.24) is 29.8 Å². The van der Waals surface area contributed by atoms with Crippen molar-refractivity contribution in [3.05, 3.63) is 71.7 Å². The van der Waals surface area contributed by atoms with E-state index in [1.54, 1.807) is 26.9 Å². The van der Waals surface area contributed by atoms with Gasteiger partial charge in [-0.15, -0.1) is 5.10 Å². The van der Waals surface area contributed by atoms with Gasteiger partial charge in [0.25, 0.3) is 0 Å². The lowest BCUT2D eigenvalue weighted by Crippen LogP contribution is -2.63. The molecule has 0 bridgehead atoms. The first-order valence-corrected chi connectivity index (χ1v) is 11.6. The van der Waals surface area contributed by atoms with Gasteiger partial charge >= 0.3 is 0 Å². The number of fused-ring (bicyclic) bond motifs is 5. The molecule has 1 N–H and O–H groups in total. The highest BCUT2D eigenvalue weighted by Crippen LogP contribution is 2.44. The number of carbonyl (C=O) groups excluding carboxylic acids is 2. The lowest BCUT2D eigenvalue weighted by Gasteiger charge is -2.47. The van der Waals surface area contributed by atoms with Crippen molar-refractivity contribution in [2.75, 3.05) is 19.9 Å². The van der Waals surface area contributed by atoms with Gasteiger partial charge in [-0.2, -0.15) is 0 Å². The summed E-state index contributed by atoms with van der Waals surface area (Å²) in [5.41, 5.74) is 3.89. The van der Waals surface area contributed by atoms with Crippen molar-refractivity contribution < 1.29 is 19.1 Å². The largest absolute Gasteiger partial charge is 0.454 e. The highest BCUT2D eigenvalue weighted by Gasteiger charge is 2.48. The topological polar surface area (TPSA) is 106 Å². The van der Waals surface area contributed by atoms with Gasteiger partial charge in [0.05, 0.1) is 25.3 Å². The summed E-state index contributed by atoms with van der Waals surface area (Å²) in [4.78, 5) is 34.3. The van der Waals surface area contributed by atoms with E-state index >= 15 is 0 Å². The number of aromatic nitrogens is 4. The van der Waals surface area contributed by atoms with Gasteiger partial charge in [-0.3, -0.25) is 14.3 Å². The molecule has 35 heavy (non-hydrogen) atoms. The maximum Gasteiger partial charge on any atom is 0.246 e. The molecule has 1 fully saturated rings. The van der Waals surface area contributed by atoms with Crippen LogP contribution in [0.25, 0.3) is 10.9 Å². The van der Waals surface area contributed by atoms with Gasteiger partial charge in [0.2, 0.25) is 18.6 Å². The number of hydrogen-bond acceptors (Lipinski definition) is 6. The summed E-state index contributed by atoms with van der Waals surface area (Å²) in [6.07, 6.45) is 3.81. The lowest BCUT2D eigenvalue weighted by molar-refractivity contribution is -0.158. The van der Waals surface area contributed by atoms with Crippen molar-refractivity contribution in [2.24, 2.45) is 0 Å². The number of ether oxygens (including phenoxy) is 2. The lowest BCUT2D eigenvalue weighted by atomic mass is 9.86. The Kier molecular flexibility index (Phi) is 4.35. The predicted molar refractivity (Wildman–Crippen MR) is 124 cm³/mol. The average Bonchev–Trinajstić information content (AvgIpc) is 3.63. The second kappa shape index (κ2) is 7.59. The smallest absolute Gasteiger partial charge is 0.246 e. The van der Waals surface area contributed by atoms with Crippen LogP contribution < -0.4 is 9.47 Å². The molecule has 2 aromatic carbocycles. The number of nitrogens with one attached hydrogen (secondary N) is 1. The average molecular weight is 470 g/mol. The summed E-state index contributed by atoms with van der Waals surface area (Å²) in [5, 5.41) is 8.86. The Balaban J connectivity index is 1.32. The molecule has 0 radical (unpaired) electrons. The minimum atomic E-state index is -0.589. The summed E-state index contributed by atoms with van der Waals surface area (Å²) in [7, 11) is 0. The monoisotopic (exact) mass is 470 g/mol. The number of hydrogen-bond donors (Lipinski definition) is 1. The maximum absolute atomic E-state index is 13.7. The molecule has 2 aromatic heterocycles. The van der Waals surface area contributed by atoms with Gasteiger partial charge in [-0.1, -0.05) is 29.5 Å². The van der Waals surface area contributed by atoms with Gasteiger partial charge in [0.1, 0.15) is 6.04 Å². The van der Waals surface area contributed by atoms with Crippen molar-refractivity contribution in [2.45, 2.75) is 25.0 Å². The van der Waals surface area contributed by atoms with Crippen LogP contribution in [0.5, 0.6) is 11.5 Å². The highest BCUT2D eigenvalue weighted by atomic mass is 16.7. The van der Waals surface area contributed by atoms with Crippen molar-refractivity contribution in [3.8, 4) is 11.5 Å². The summed E-state index contributed by atoms with van der Waals surface area (Å²) < 4.78 is 12.8. The van der Waals surface area contributed by atoms with Crippen LogP contribution in [0.1, 0.15) is 22.9 Å². The van der Waals surface area contributed by atoms with Crippen LogP contribution in [0.4, 0.5) is 0 Å². The third-order valence-corrected chi connectivity index (χ3v) is 7.13. The van der Waals surface area contributed by atoms with Gasteiger partial charge in [-0.05, 0) is 29.3 Å². The zero-order chi connectivity index (χ0) is 23.5. The minimum absolute atomic E-state index is 0.0284. The number of rotatable bonds is 4. The summed E-state index contributed by atoms with van der Waals surface area (Å²) >= 11 is 0. The van der Waals surface area contributed by atoms with Crippen LogP contribution in [-0.4, -0.2) is 67.5 Å². The van der Waals surface area contributed by atoms with Crippen LogP contribution in [0, 0.1) is 0 Å². The Bertz CT molecular complexity index is 1460. The van der Waals surface area contributed by atoms with E-state index in [2.05, 4.69) is 21.4 Å². The van der Waals surface area contributed by atoms with E-state index in [0.717, 1.165) is 27.7 Å². The molecular formula is C25H22N6O4. The van der Waals surface area contributed by atoms with Crippen LogP contribution >= 0.6 is 0 Å². The Morgan fingerprint density at radius 3 is 2.83 bits per heavy atom. The molecule has 0 unspecified atom stereocenters. The number of piperazine rings is 1. The molecule has 0 saturated carbocycles. The van der Waals surface area contributed by atoms with Gasteiger partial charge in [0.15, 0.2) is 11.5 Å². The quantitative estimate of drug-likeness (QED) is 0.488. The Hall–Kier alpha value is -4.34. The molecule has 4 aromatic rings. The molecule has 1 saturated heterocycles. The standard InChI is InChI=1S/C25H22N6O4/c32-22-13-29(9-10-30-8-7-26-28-30)25(33)19-12-17-16-3-1-2-4-18(16)27-23(17)24(31(19)22)15-5-6-20-21(11-15)35-14-34-20/h1-8,11,19,24,27H,9-10,12-14H2/t19-,24-/m1/s1. The summed E-state index contributed by atoms with van der Waals surface area (Å²) in [6.45, 7) is 1.08. The number of para-hydroxylation sites is 1. The molecule has 176 valence electrons. The van der Waals surface area contributed by atoms with E-state index in [4.69, 9.17) is 9.47 Å². The number of H-pyrrole nitrogens is 1. The van der Waals surface area contributed by atoms with E-state index in [1.807, 2.05) is 36.4 Å². The van der Waals surface area contributed by atoms with Crippen molar-refractivity contribution in [1.29, 1.82) is 0 Å². The number of nitrogens with zero attached hydrogens (tertiary/aromatic N) is 5. The molecule has 10 nitrogen and oxygen atoms in total. The normalized spacial score (nSPS) is 20.9. The van der Waals surface area contributed by atoms with E-state index in [0.29, 0.717) is 31.0 Å². The first kappa shape index (κ1) is 20.1. The maximum atomic E-state index is 13.7. The third kappa shape index (κ3) is 3.09. The highest BCUT2D eigenvalue weighted by molar-refractivity contribution is 5.97. The minimum Gasteiger partial charge on any atom is -0.454 e. The van der Waals surface area contributed by atoms with E-state index < -0.39 is 12.1 Å². The number of amides is 2. The predicted octanol–water partition coefficient (Wildman–Crippen LogP) is 1.87. The second-order valence-corrected chi connectivity index (χ2v) is 9.02. The summed E-state index contributed by atoms with van der Waals surface area (Å²) in [6, 6.07) is 12.8. The molecule has 0 aliphatic carbocycles. The fourth-order valence-corrected chi connectivity index (χ4v) is 5.52. The molecule has 3 aliphatic rings. The number of carbonyl (C=O) groups is 2. The Morgan fingerprint density at radius 2 is 1.94 bits per heavy atom. The molecular weight excluding hydrogens is 448 g/mol. The fraction of sp³-hybridized carbons (Fsp3) is 0.280. The number of benzene rings is 2. The first-order chi connectivity index (χ1) is 17.2. The van der Waals surface area contributed by atoms with Gasteiger partial charge in [0, 0.05) is 35.8 Å². The van der Waals surface area contributed by atoms with Gasteiger partial charge < -0.3 is 24.3 Å². The molecule has 5 heterocycles. The van der Waals surface area contributed by atoms with Crippen LogP contribution in [0.3, 0.4) is 0 Å². The zero-order valence-corrected chi connectivity index (χ0v) is 18.8. The molecule has 7 rings (SSSR count). The summed E-state index contributed by atoms with van der Waals surface area (Å²) in [5.74, 6) is 1.19. The molecule has 2 amide bonds. The van der Waals surface area contributed by atoms with E-state index in [9.17, 15) is 9.59 Å². The SMILES string of the molecule is O=C1[C@H]2Cc3c([nH]c4ccccc34)[C@@H](c3ccc4c(c3)OCO4)N2C(=O)CN1CCn1ccnn1. The van der Waals surface area contributed by atoms with Crippen molar-refractivity contribution in [3.63, 3.8) is 0 Å². The molecule has 0 spiro atoms. The van der Waals surface area contributed by atoms with Gasteiger partial charge in [-0.25, -0.2) is 0 Å². The fourth-order valence-electron chi connectivity index (χ4n) is 5.52. The first-order valence-electron chi connectivity index (χ1n) is 11.6. The molecule has 2 atom stereocenters. The third-order valence-electron chi connectivity index (χ3n) is 7.13. The van der Waals surface area contributed by atoms with Crippen molar-refractivity contribution >= 4 is 22.7 Å². The van der Waals surface area contributed by atoms with Crippen LogP contribution in [-0.2, 0) is 22.6 Å². The molecule has 10 heteroatoms. The van der Waals surface area contributed by atoms with Crippen LogP contribution in [0.15, 0.2) is 54.9 Å². The Labute approximate surface area is 200 Å². The second-order valence-electron chi connectivity index (χ2n) is 9.02. The Morgan fingerprint density at radius 1 is 1.06 bits per heavy atom. The number of aromatic amines is 1. The van der Waals surface area contributed by atoms with E-state index in [1.165, 1.54) is 0 Å². The molecule has 3 aliphatic heterocycles. The van der Waals surface area contributed by atoms with Crippen LogP contribution in [0.2, 0.25) is 0 Å². The zero-order valence-electron chi connectivity index (χ0n) is 18.8. The van der Waals surface area contributed by atoms with E-state index in [-0.39, 0.29) is 25.2 Å².